The first-order valence-electron chi connectivity index (χ1n) is 4.94. The Bertz CT molecular complexity index is 245. The topological polar surface area (TPSA) is 29.9 Å². The molecule has 0 unspecified atom stereocenters. The quantitative estimate of drug-likeness (QED) is 0.819. The summed E-state index contributed by atoms with van der Waals surface area (Å²) in [6, 6.07) is 0. The first kappa shape index (κ1) is 13.5. The molecule has 3 nitrogen and oxygen atoms in total. The summed E-state index contributed by atoms with van der Waals surface area (Å²) >= 11 is 0. The third kappa shape index (κ3) is 4.63. The van der Waals surface area contributed by atoms with Crippen molar-refractivity contribution in [1.29, 1.82) is 0 Å². The van der Waals surface area contributed by atoms with Gasteiger partial charge in [-0.25, -0.2) is 0 Å². The molecule has 0 radical (unpaired) electrons. The zero-order chi connectivity index (χ0) is 9.68. The van der Waals surface area contributed by atoms with Crippen molar-refractivity contribution in [2.24, 2.45) is 5.92 Å². The SMILES string of the molecule is CCn1cc(CNCC(C)C)cn1.Cl. The Balaban J connectivity index is 0.00000169. The van der Waals surface area contributed by atoms with E-state index in [1.165, 1.54) is 5.56 Å². The van der Waals surface area contributed by atoms with Gasteiger partial charge in [-0.3, -0.25) is 4.68 Å². The van der Waals surface area contributed by atoms with Crippen molar-refractivity contribution < 1.29 is 0 Å². The molecule has 0 aliphatic rings. The fraction of sp³-hybridized carbons (Fsp3) is 0.700. The van der Waals surface area contributed by atoms with E-state index < -0.39 is 0 Å². The molecule has 0 saturated heterocycles. The van der Waals surface area contributed by atoms with Gasteiger partial charge in [-0.2, -0.15) is 5.10 Å². The van der Waals surface area contributed by atoms with Crippen LogP contribution < -0.4 is 5.32 Å². The molecular weight excluding hydrogens is 198 g/mol. The van der Waals surface area contributed by atoms with Gasteiger partial charge >= 0.3 is 0 Å². The number of aromatic nitrogens is 2. The second-order valence-electron chi connectivity index (χ2n) is 3.73. The minimum Gasteiger partial charge on any atom is -0.312 e. The van der Waals surface area contributed by atoms with E-state index in [0.717, 1.165) is 19.6 Å². The van der Waals surface area contributed by atoms with Crippen molar-refractivity contribution >= 4 is 12.4 Å². The van der Waals surface area contributed by atoms with Gasteiger partial charge in [-0.05, 0) is 19.4 Å². The Labute approximate surface area is 92.3 Å². The highest BCUT2D eigenvalue weighted by Gasteiger charge is 1.97. The molecule has 14 heavy (non-hydrogen) atoms. The van der Waals surface area contributed by atoms with Gasteiger partial charge in [0.15, 0.2) is 0 Å². The molecule has 0 amide bonds. The Kier molecular flexibility index (Phi) is 6.58. The van der Waals surface area contributed by atoms with Gasteiger partial charge in [0.05, 0.1) is 6.20 Å². The zero-order valence-corrected chi connectivity index (χ0v) is 9.97. The summed E-state index contributed by atoms with van der Waals surface area (Å²) in [4.78, 5) is 0. The van der Waals surface area contributed by atoms with Crippen LogP contribution in [0.4, 0.5) is 0 Å². The van der Waals surface area contributed by atoms with E-state index in [-0.39, 0.29) is 12.4 Å². The summed E-state index contributed by atoms with van der Waals surface area (Å²) in [7, 11) is 0. The van der Waals surface area contributed by atoms with Crippen LogP contribution in [0.2, 0.25) is 0 Å². The Hall–Kier alpha value is -0.540. The maximum absolute atomic E-state index is 4.21. The van der Waals surface area contributed by atoms with Gasteiger partial charge in [-0.15, -0.1) is 12.4 Å². The van der Waals surface area contributed by atoms with E-state index in [4.69, 9.17) is 0 Å². The second-order valence-corrected chi connectivity index (χ2v) is 3.73. The molecule has 0 bridgehead atoms. The van der Waals surface area contributed by atoms with E-state index in [9.17, 15) is 0 Å². The minimum absolute atomic E-state index is 0. The third-order valence-corrected chi connectivity index (χ3v) is 1.89. The van der Waals surface area contributed by atoms with Crippen molar-refractivity contribution in [1.82, 2.24) is 15.1 Å². The molecule has 4 heteroatoms. The van der Waals surface area contributed by atoms with Crippen molar-refractivity contribution in [2.45, 2.75) is 33.9 Å². The second kappa shape index (κ2) is 6.85. The lowest BCUT2D eigenvalue weighted by Crippen LogP contribution is -2.18. The van der Waals surface area contributed by atoms with Crippen LogP contribution in [0.5, 0.6) is 0 Å². The van der Waals surface area contributed by atoms with E-state index in [0.29, 0.717) is 5.92 Å². The summed E-state index contributed by atoms with van der Waals surface area (Å²) in [5.74, 6) is 0.709. The molecule has 0 aliphatic carbocycles. The van der Waals surface area contributed by atoms with Crippen molar-refractivity contribution in [3.63, 3.8) is 0 Å². The lowest BCUT2D eigenvalue weighted by atomic mass is 10.2. The third-order valence-electron chi connectivity index (χ3n) is 1.89. The normalized spacial score (nSPS) is 10.3. The van der Waals surface area contributed by atoms with Gasteiger partial charge < -0.3 is 5.32 Å². The van der Waals surface area contributed by atoms with E-state index in [2.05, 4.69) is 37.4 Å². The average molecular weight is 218 g/mol. The molecule has 0 atom stereocenters. The van der Waals surface area contributed by atoms with Gasteiger partial charge in [0.1, 0.15) is 0 Å². The fourth-order valence-corrected chi connectivity index (χ4v) is 1.18. The fourth-order valence-electron chi connectivity index (χ4n) is 1.18. The lowest BCUT2D eigenvalue weighted by Gasteiger charge is -2.04. The number of nitrogens with zero attached hydrogens (tertiary/aromatic N) is 2. The monoisotopic (exact) mass is 217 g/mol. The smallest absolute Gasteiger partial charge is 0.0534 e. The maximum Gasteiger partial charge on any atom is 0.0534 e. The first-order chi connectivity index (χ1) is 6.22. The number of hydrogen-bond donors (Lipinski definition) is 1. The molecule has 82 valence electrons. The van der Waals surface area contributed by atoms with Crippen molar-refractivity contribution in [3.8, 4) is 0 Å². The number of nitrogens with one attached hydrogen (secondary N) is 1. The van der Waals surface area contributed by atoms with Crippen LogP contribution in [-0.4, -0.2) is 16.3 Å². The molecule has 1 heterocycles. The van der Waals surface area contributed by atoms with Crippen LogP contribution in [-0.2, 0) is 13.1 Å². The van der Waals surface area contributed by atoms with Crippen LogP contribution in [0.1, 0.15) is 26.3 Å². The maximum atomic E-state index is 4.21. The van der Waals surface area contributed by atoms with E-state index >= 15 is 0 Å². The summed E-state index contributed by atoms with van der Waals surface area (Å²) in [6.07, 6.45) is 4.02. The largest absolute Gasteiger partial charge is 0.312 e. The Morgan fingerprint density at radius 3 is 2.71 bits per heavy atom. The van der Waals surface area contributed by atoms with Gasteiger partial charge in [0.25, 0.3) is 0 Å². The van der Waals surface area contributed by atoms with Crippen LogP contribution in [0.15, 0.2) is 12.4 Å². The molecule has 0 aromatic carbocycles. The molecule has 0 fully saturated rings. The average Bonchev–Trinajstić information content (AvgIpc) is 2.52. The zero-order valence-electron chi connectivity index (χ0n) is 9.16. The molecule has 1 aromatic rings. The molecule has 0 aliphatic heterocycles. The summed E-state index contributed by atoms with van der Waals surface area (Å²) in [6.45, 7) is 9.46. The molecular formula is C10H20ClN3. The predicted octanol–water partition coefficient (Wildman–Crippen LogP) is 2.07. The number of hydrogen-bond acceptors (Lipinski definition) is 2. The van der Waals surface area contributed by atoms with Gasteiger partial charge in [0.2, 0.25) is 0 Å². The minimum atomic E-state index is 0. The Morgan fingerprint density at radius 2 is 2.21 bits per heavy atom. The number of aryl methyl sites for hydroxylation is 1. The molecule has 1 N–H and O–H groups in total. The van der Waals surface area contributed by atoms with Crippen LogP contribution >= 0.6 is 12.4 Å². The standard InChI is InChI=1S/C10H19N3.ClH/c1-4-13-8-10(7-12-13)6-11-5-9(2)3;/h7-9,11H,4-6H2,1-3H3;1H. The lowest BCUT2D eigenvalue weighted by molar-refractivity contribution is 0.552. The van der Waals surface area contributed by atoms with Crippen LogP contribution in [0, 0.1) is 5.92 Å². The van der Waals surface area contributed by atoms with Crippen LogP contribution in [0.3, 0.4) is 0 Å². The molecule has 1 aromatic heterocycles. The summed E-state index contributed by atoms with van der Waals surface area (Å²) in [5, 5.41) is 7.59. The molecule has 0 saturated carbocycles. The van der Waals surface area contributed by atoms with Gasteiger partial charge in [0, 0.05) is 24.8 Å². The highest BCUT2D eigenvalue weighted by Crippen LogP contribution is 1.97. The number of rotatable bonds is 5. The van der Waals surface area contributed by atoms with Crippen molar-refractivity contribution in [3.05, 3.63) is 18.0 Å². The highest BCUT2D eigenvalue weighted by molar-refractivity contribution is 5.85. The predicted molar refractivity (Wildman–Crippen MR) is 61.7 cm³/mol. The van der Waals surface area contributed by atoms with E-state index in [1.54, 1.807) is 0 Å². The summed E-state index contributed by atoms with van der Waals surface area (Å²) in [5.41, 5.74) is 1.27. The first-order valence-corrected chi connectivity index (χ1v) is 4.94. The molecule has 0 spiro atoms. The van der Waals surface area contributed by atoms with Crippen LogP contribution in [0.25, 0.3) is 0 Å². The summed E-state index contributed by atoms with van der Waals surface area (Å²) < 4.78 is 1.95. The van der Waals surface area contributed by atoms with E-state index in [1.807, 2.05) is 10.9 Å². The number of halogens is 1. The highest BCUT2D eigenvalue weighted by atomic mass is 35.5. The Morgan fingerprint density at radius 1 is 1.50 bits per heavy atom. The molecule has 1 rings (SSSR count). The van der Waals surface area contributed by atoms with Gasteiger partial charge in [-0.1, -0.05) is 13.8 Å². The van der Waals surface area contributed by atoms with Crippen molar-refractivity contribution in [2.75, 3.05) is 6.54 Å².